The van der Waals surface area contributed by atoms with Crippen LogP contribution in [0.2, 0.25) is 0 Å². The lowest BCUT2D eigenvalue weighted by Crippen LogP contribution is -2.18. The van der Waals surface area contributed by atoms with Crippen molar-refractivity contribution >= 4 is 11.9 Å². The summed E-state index contributed by atoms with van der Waals surface area (Å²) in [6, 6.07) is 0. The summed E-state index contributed by atoms with van der Waals surface area (Å²) in [4.78, 5) is 23.1. The van der Waals surface area contributed by atoms with E-state index in [9.17, 15) is 9.59 Å². The molecule has 4 heteroatoms. The van der Waals surface area contributed by atoms with Gasteiger partial charge in [-0.3, -0.25) is 9.59 Å². The van der Waals surface area contributed by atoms with E-state index in [0.717, 1.165) is 64.2 Å². The number of ether oxygens (including phenoxy) is 1. The molecule has 0 rings (SSSR count). The first-order chi connectivity index (χ1) is 21.1. The van der Waals surface area contributed by atoms with Gasteiger partial charge in [-0.15, -0.1) is 0 Å². The minimum absolute atomic E-state index is 0.000227. The lowest BCUT2D eigenvalue weighted by Gasteiger charge is -2.18. The third-order valence-electron chi connectivity index (χ3n) is 9.08. The molecule has 0 aromatic carbocycles. The van der Waals surface area contributed by atoms with Crippen LogP contribution in [0.25, 0.3) is 0 Å². The van der Waals surface area contributed by atoms with Gasteiger partial charge in [0.25, 0.3) is 0 Å². The molecule has 1 N–H and O–H groups in total. The summed E-state index contributed by atoms with van der Waals surface area (Å²) in [5.41, 5.74) is 0. The Bertz CT molecular complexity index is 576. The van der Waals surface area contributed by atoms with E-state index in [4.69, 9.17) is 9.84 Å². The van der Waals surface area contributed by atoms with E-state index in [-0.39, 0.29) is 18.5 Å². The second kappa shape index (κ2) is 35.4. The van der Waals surface area contributed by atoms with Crippen molar-refractivity contribution in [2.75, 3.05) is 0 Å². The van der Waals surface area contributed by atoms with Gasteiger partial charge in [0.2, 0.25) is 0 Å². The Morgan fingerprint density at radius 3 is 1.05 bits per heavy atom. The van der Waals surface area contributed by atoms with Crippen molar-refractivity contribution in [1.82, 2.24) is 0 Å². The van der Waals surface area contributed by atoms with E-state index in [1.54, 1.807) is 0 Å². The van der Waals surface area contributed by atoms with E-state index in [1.165, 1.54) is 141 Å². The van der Waals surface area contributed by atoms with Gasteiger partial charge in [-0.2, -0.15) is 0 Å². The molecule has 1 atom stereocenters. The SMILES string of the molecule is CCCCCCCCCCCCCCCCCCCCCCCC(=O)OC(CCCCCC)CCCCCCCC(=O)O. The fourth-order valence-corrected chi connectivity index (χ4v) is 6.19. The Morgan fingerprint density at radius 2 is 0.698 bits per heavy atom. The number of carboxylic acid groups (broad SMARTS) is 1. The number of carboxylic acids is 1. The number of unbranched alkanes of at least 4 members (excludes halogenated alkanes) is 27. The zero-order valence-electron chi connectivity index (χ0n) is 29.3. The molecule has 0 spiro atoms. The Kier molecular flexibility index (Phi) is 34.5. The van der Waals surface area contributed by atoms with Crippen LogP contribution in [0.15, 0.2) is 0 Å². The van der Waals surface area contributed by atoms with Gasteiger partial charge in [0.15, 0.2) is 0 Å². The predicted molar refractivity (Wildman–Crippen MR) is 186 cm³/mol. The summed E-state index contributed by atoms with van der Waals surface area (Å²) < 4.78 is 5.92. The molecular formula is C39H76O4. The Morgan fingerprint density at radius 1 is 0.419 bits per heavy atom. The van der Waals surface area contributed by atoms with Crippen molar-refractivity contribution < 1.29 is 19.4 Å². The zero-order chi connectivity index (χ0) is 31.5. The van der Waals surface area contributed by atoms with Crippen LogP contribution in [-0.2, 0) is 14.3 Å². The predicted octanol–water partition coefficient (Wildman–Crippen LogP) is 13.3. The normalized spacial score (nSPS) is 12.0. The quantitative estimate of drug-likeness (QED) is 0.0567. The molecule has 0 saturated carbocycles. The van der Waals surface area contributed by atoms with Crippen LogP contribution in [0.5, 0.6) is 0 Å². The average molecular weight is 609 g/mol. The second-order valence-electron chi connectivity index (χ2n) is 13.5. The molecule has 0 heterocycles. The summed E-state index contributed by atoms with van der Waals surface area (Å²) in [6.45, 7) is 4.52. The third-order valence-corrected chi connectivity index (χ3v) is 9.08. The maximum atomic E-state index is 12.5. The minimum Gasteiger partial charge on any atom is -0.481 e. The molecule has 0 aromatic heterocycles. The second-order valence-corrected chi connectivity index (χ2v) is 13.5. The molecular weight excluding hydrogens is 532 g/mol. The third kappa shape index (κ3) is 35.3. The van der Waals surface area contributed by atoms with E-state index < -0.39 is 5.97 Å². The first-order valence-corrected chi connectivity index (χ1v) is 19.5. The van der Waals surface area contributed by atoms with Gasteiger partial charge in [-0.1, -0.05) is 181 Å². The molecule has 4 nitrogen and oxygen atoms in total. The number of aliphatic carboxylic acids is 1. The van der Waals surface area contributed by atoms with Crippen LogP contribution in [0.3, 0.4) is 0 Å². The van der Waals surface area contributed by atoms with Gasteiger partial charge in [-0.05, 0) is 38.5 Å². The first kappa shape index (κ1) is 41.9. The van der Waals surface area contributed by atoms with E-state index in [1.807, 2.05) is 0 Å². The van der Waals surface area contributed by atoms with Crippen molar-refractivity contribution in [2.45, 2.75) is 238 Å². The maximum Gasteiger partial charge on any atom is 0.306 e. The van der Waals surface area contributed by atoms with Gasteiger partial charge in [-0.25, -0.2) is 0 Å². The first-order valence-electron chi connectivity index (χ1n) is 19.5. The zero-order valence-corrected chi connectivity index (χ0v) is 29.3. The fourth-order valence-electron chi connectivity index (χ4n) is 6.19. The van der Waals surface area contributed by atoms with Gasteiger partial charge in [0.05, 0.1) is 0 Å². The van der Waals surface area contributed by atoms with Crippen molar-refractivity contribution in [2.24, 2.45) is 0 Å². The molecule has 0 amide bonds. The number of carbonyl (C=O) groups is 2. The standard InChI is InChI=1S/C39H76O4/c1-3-5-7-9-10-11-12-13-14-15-16-17-18-19-20-21-22-23-24-28-32-36-39(42)43-37(33-29-8-6-4-2)34-30-26-25-27-31-35-38(40)41/h37H,3-36H2,1-2H3,(H,40,41). The van der Waals surface area contributed by atoms with Crippen molar-refractivity contribution in [3.63, 3.8) is 0 Å². The average Bonchev–Trinajstić information content (AvgIpc) is 2.99. The Balaban J connectivity index is 3.61. The van der Waals surface area contributed by atoms with Crippen molar-refractivity contribution in [3.8, 4) is 0 Å². The molecule has 0 radical (unpaired) electrons. The molecule has 0 saturated heterocycles. The number of esters is 1. The fraction of sp³-hybridized carbons (Fsp3) is 0.949. The molecule has 0 aromatic rings. The summed E-state index contributed by atoms with van der Waals surface area (Å²) in [5, 5.41) is 8.75. The number of hydrogen-bond donors (Lipinski definition) is 1. The van der Waals surface area contributed by atoms with Crippen LogP contribution >= 0.6 is 0 Å². The van der Waals surface area contributed by atoms with Crippen LogP contribution in [0.4, 0.5) is 0 Å². The molecule has 0 bridgehead atoms. The van der Waals surface area contributed by atoms with E-state index in [0.29, 0.717) is 6.42 Å². The summed E-state index contributed by atoms with van der Waals surface area (Å²) >= 11 is 0. The van der Waals surface area contributed by atoms with E-state index >= 15 is 0 Å². The minimum atomic E-state index is -0.700. The molecule has 0 fully saturated rings. The Hall–Kier alpha value is -1.06. The van der Waals surface area contributed by atoms with Gasteiger partial charge >= 0.3 is 11.9 Å². The molecule has 43 heavy (non-hydrogen) atoms. The Labute approximate surface area is 269 Å². The highest BCUT2D eigenvalue weighted by Crippen LogP contribution is 2.19. The van der Waals surface area contributed by atoms with Crippen LogP contribution in [-0.4, -0.2) is 23.1 Å². The van der Waals surface area contributed by atoms with E-state index in [2.05, 4.69) is 13.8 Å². The highest BCUT2D eigenvalue weighted by Gasteiger charge is 2.14. The topological polar surface area (TPSA) is 63.6 Å². The smallest absolute Gasteiger partial charge is 0.306 e. The van der Waals surface area contributed by atoms with Gasteiger partial charge in [0.1, 0.15) is 6.10 Å². The lowest BCUT2D eigenvalue weighted by atomic mass is 10.0. The monoisotopic (exact) mass is 609 g/mol. The summed E-state index contributed by atoms with van der Waals surface area (Å²) in [7, 11) is 0. The van der Waals surface area contributed by atoms with Crippen LogP contribution in [0, 0.1) is 0 Å². The van der Waals surface area contributed by atoms with Crippen molar-refractivity contribution in [1.29, 1.82) is 0 Å². The molecule has 0 aliphatic heterocycles. The lowest BCUT2D eigenvalue weighted by molar-refractivity contribution is -0.150. The number of rotatable bonds is 36. The van der Waals surface area contributed by atoms with Gasteiger partial charge < -0.3 is 9.84 Å². The van der Waals surface area contributed by atoms with Crippen LogP contribution < -0.4 is 0 Å². The number of carbonyl (C=O) groups excluding carboxylic acids is 1. The summed E-state index contributed by atoms with van der Waals surface area (Å²) in [5.74, 6) is -0.700. The molecule has 0 aliphatic rings. The number of hydrogen-bond acceptors (Lipinski definition) is 3. The highest BCUT2D eigenvalue weighted by molar-refractivity contribution is 5.69. The largest absolute Gasteiger partial charge is 0.481 e. The molecule has 256 valence electrons. The van der Waals surface area contributed by atoms with Gasteiger partial charge in [0, 0.05) is 12.8 Å². The molecule has 0 aliphatic carbocycles. The summed E-state index contributed by atoms with van der Waals surface area (Å²) in [6.07, 6.45) is 41.5. The van der Waals surface area contributed by atoms with Crippen LogP contribution in [0.1, 0.15) is 232 Å². The highest BCUT2D eigenvalue weighted by atomic mass is 16.5. The molecule has 1 unspecified atom stereocenters. The van der Waals surface area contributed by atoms with Crippen molar-refractivity contribution in [3.05, 3.63) is 0 Å². The maximum absolute atomic E-state index is 12.5.